The number of aromatic nitrogens is 1. The molecule has 0 bridgehead atoms. The van der Waals surface area contributed by atoms with Crippen LogP contribution in [0.15, 0.2) is 42.6 Å². The fraction of sp³-hybridized carbons (Fsp3) is 0.333. The van der Waals surface area contributed by atoms with Gasteiger partial charge in [0.25, 0.3) is 0 Å². The van der Waals surface area contributed by atoms with Crippen LogP contribution in [0.3, 0.4) is 0 Å². The van der Waals surface area contributed by atoms with Gasteiger partial charge in [0.15, 0.2) is 0 Å². The summed E-state index contributed by atoms with van der Waals surface area (Å²) in [5.74, 6) is 1.55. The lowest BCUT2D eigenvalue weighted by Crippen LogP contribution is -2.10. The molecule has 0 atom stereocenters. The van der Waals surface area contributed by atoms with E-state index in [-0.39, 0.29) is 0 Å². The number of rotatable bonds is 8. The van der Waals surface area contributed by atoms with Gasteiger partial charge in [-0.25, -0.2) is 4.98 Å². The number of unbranched alkanes of at least 4 members (excludes halogenated alkanes) is 1. The first-order valence-electron chi connectivity index (χ1n) is 7.77. The van der Waals surface area contributed by atoms with Gasteiger partial charge in [0.1, 0.15) is 11.6 Å². The molecular weight excluding hydrogens is 274 g/mol. The smallest absolute Gasteiger partial charge is 0.135 e. The second-order valence-electron chi connectivity index (χ2n) is 5.02. The first-order valence-corrected chi connectivity index (χ1v) is 7.77. The van der Waals surface area contributed by atoms with Gasteiger partial charge in [-0.15, -0.1) is 0 Å². The van der Waals surface area contributed by atoms with Crippen LogP contribution in [0.1, 0.15) is 37.8 Å². The van der Waals surface area contributed by atoms with Gasteiger partial charge in [-0.1, -0.05) is 25.5 Å². The average Bonchev–Trinajstić information content (AvgIpc) is 2.55. The Hall–Kier alpha value is -2.36. The maximum absolute atomic E-state index is 8.49. The summed E-state index contributed by atoms with van der Waals surface area (Å²) in [7, 11) is 0. The molecule has 0 saturated heterocycles. The molecule has 0 aliphatic carbocycles. The van der Waals surface area contributed by atoms with Crippen LogP contribution < -0.4 is 10.1 Å². The van der Waals surface area contributed by atoms with Crippen molar-refractivity contribution in [1.29, 1.82) is 5.41 Å². The molecule has 4 heteroatoms. The van der Waals surface area contributed by atoms with Crippen molar-refractivity contribution in [3.8, 4) is 5.75 Å². The minimum atomic E-state index is 0.452. The van der Waals surface area contributed by atoms with E-state index < -0.39 is 0 Å². The number of anilines is 1. The van der Waals surface area contributed by atoms with Gasteiger partial charge in [0.05, 0.1) is 12.3 Å². The predicted molar refractivity (Wildman–Crippen MR) is 91.2 cm³/mol. The molecule has 0 spiro atoms. The van der Waals surface area contributed by atoms with Crippen LogP contribution in [0, 0.1) is 5.41 Å². The molecule has 2 rings (SSSR count). The number of nitrogens with one attached hydrogen (secondary N) is 2. The van der Waals surface area contributed by atoms with E-state index in [1.807, 2.05) is 43.3 Å². The highest BCUT2D eigenvalue weighted by Gasteiger charge is 2.11. The van der Waals surface area contributed by atoms with Crippen molar-refractivity contribution in [2.75, 3.05) is 18.5 Å². The van der Waals surface area contributed by atoms with E-state index in [1.54, 1.807) is 6.20 Å². The lowest BCUT2D eigenvalue weighted by molar-refractivity contribution is 0.340. The molecular formula is C18H23N3O. The summed E-state index contributed by atoms with van der Waals surface area (Å²) >= 11 is 0. The molecule has 0 saturated carbocycles. The molecule has 0 radical (unpaired) electrons. The van der Waals surface area contributed by atoms with Gasteiger partial charge in [-0.3, -0.25) is 5.41 Å². The third kappa shape index (κ3) is 4.07. The van der Waals surface area contributed by atoms with Crippen LogP contribution in [-0.2, 0) is 0 Å². The Morgan fingerprint density at radius 3 is 2.86 bits per heavy atom. The minimum Gasteiger partial charge on any atom is -0.494 e. The lowest BCUT2D eigenvalue weighted by atomic mass is 10.0. The summed E-state index contributed by atoms with van der Waals surface area (Å²) < 4.78 is 5.51. The van der Waals surface area contributed by atoms with E-state index in [0.717, 1.165) is 42.1 Å². The Balaban J connectivity index is 2.23. The topological polar surface area (TPSA) is 58.0 Å². The fourth-order valence-corrected chi connectivity index (χ4v) is 2.20. The van der Waals surface area contributed by atoms with Gasteiger partial charge in [-0.2, -0.15) is 0 Å². The average molecular weight is 297 g/mol. The van der Waals surface area contributed by atoms with Gasteiger partial charge < -0.3 is 10.1 Å². The van der Waals surface area contributed by atoms with Crippen molar-refractivity contribution in [3.63, 3.8) is 0 Å². The Kier molecular flexibility index (Phi) is 5.95. The SMILES string of the molecule is CCCCNc1ncccc1C(=N)c1cccc(OCC)c1. The van der Waals surface area contributed by atoms with Gasteiger partial charge in [0.2, 0.25) is 0 Å². The van der Waals surface area contributed by atoms with Gasteiger partial charge >= 0.3 is 0 Å². The Labute approximate surface area is 132 Å². The van der Waals surface area contributed by atoms with E-state index in [4.69, 9.17) is 10.1 Å². The molecule has 2 N–H and O–H groups in total. The van der Waals surface area contributed by atoms with E-state index in [9.17, 15) is 0 Å². The first kappa shape index (κ1) is 16.0. The molecule has 4 nitrogen and oxygen atoms in total. The van der Waals surface area contributed by atoms with E-state index in [0.29, 0.717) is 12.3 Å². The van der Waals surface area contributed by atoms with Crippen molar-refractivity contribution in [3.05, 3.63) is 53.7 Å². The predicted octanol–water partition coefficient (Wildman–Crippen LogP) is 4.11. The highest BCUT2D eigenvalue weighted by atomic mass is 16.5. The molecule has 1 heterocycles. The molecule has 0 fully saturated rings. The molecule has 116 valence electrons. The van der Waals surface area contributed by atoms with Crippen molar-refractivity contribution in [2.45, 2.75) is 26.7 Å². The second-order valence-corrected chi connectivity index (χ2v) is 5.02. The number of pyridine rings is 1. The minimum absolute atomic E-state index is 0.452. The largest absolute Gasteiger partial charge is 0.494 e. The standard InChI is InChI=1S/C18H23N3O/c1-3-5-11-20-18-16(10-7-12-21-18)17(19)14-8-6-9-15(13-14)22-4-2/h6-10,12-13,19H,3-5,11H2,1-2H3,(H,20,21). The highest BCUT2D eigenvalue weighted by molar-refractivity contribution is 6.13. The normalized spacial score (nSPS) is 10.3. The highest BCUT2D eigenvalue weighted by Crippen LogP contribution is 2.20. The number of ether oxygens (including phenoxy) is 1. The number of hydrogen-bond donors (Lipinski definition) is 2. The monoisotopic (exact) mass is 297 g/mol. The van der Waals surface area contributed by atoms with Crippen molar-refractivity contribution >= 4 is 11.5 Å². The van der Waals surface area contributed by atoms with Crippen molar-refractivity contribution < 1.29 is 4.74 Å². The molecule has 22 heavy (non-hydrogen) atoms. The molecule has 0 aliphatic heterocycles. The van der Waals surface area contributed by atoms with E-state index in [2.05, 4.69) is 17.2 Å². The molecule has 1 aromatic heterocycles. The van der Waals surface area contributed by atoms with Crippen LogP contribution in [0.5, 0.6) is 5.75 Å². The maximum atomic E-state index is 8.49. The van der Waals surface area contributed by atoms with Crippen LogP contribution >= 0.6 is 0 Å². The van der Waals surface area contributed by atoms with Crippen molar-refractivity contribution in [1.82, 2.24) is 4.98 Å². The zero-order valence-electron chi connectivity index (χ0n) is 13.2. The van der Waals surface area contributed by atoms with Crippen LogP contribution in [0.25, 0.3) is 0 Å². The lowest BCUT2D eigenvalue weighted by Gasteiger charge is -2.12. The maximum Gasteiger partial charge on any atom is 0.135 e. The Morgan fingerprint density at radius 2 is 2.09 bits per heavy atom. The van der Waals surface area contributed by atoms with Crippen LogP contribution in [0.4, 0.5) is 5.82 Å². The second kappa shape index (κ2) is 8.17. The summed E-state index contributed by atoms with van der Waals surface area (Å²) in [6.07, 6.45) is 3.97. The first-order chi connectivity index (χ1) is 10.8. The fourth-order valence-electron chi connectivity index (χ4n) is 2.20. The summed E-state index contributed by atoms with van der Waals surface area (Å²) in [6.45, 7) is 5.59. The summed E-state index contributed by atoms with van der Waals surface area (Å²) in [6, 6.07) is 11.4. The molecule has 0 unspecified atom stereocenters. The quantitative estimate of drug-likeness (QED) is 0.569. The zero-order chi connectivity index (χ0) is 15.8. The van der Waals surface area contributed by atoms with Crippen molar-refractivity contribution in [2.24, 2.45) is 0 Å². The third-order valence-corrected chi connectivity index (χ3v) is 3.33. The number of nitrogens with zero attached hydrogens (tertiary/aromatic N) is 1. The van der Waals surface area contributed by atoms with E-state index in [1.165, 1.54) is 0 Å². The molecule has 1 aromatic carbocycles. The summed E-state index contributed by atoms with van der Waals surface area (Å²) in [4.78, 5) is 4.37. The summed E-state index contributed by atoms with van der Waals surface area (Å²) in [5.41, 5.74) is 2.10. The molecule has 2 aromatic rings. The van der Waals surface area contributed by atoms with Crippen LogP contribution in [-0.4, -0.2) is 23.8 Å². The zero-order valence-corrected chi connectivity index (χ0v) is 13.2. The Bertz CT molecular complexity index is 625. The molecule has 0 amide bonds. The Morgan fingerprint density at radius 1 is 1.23 bits per heavy atom. The van der Waals surface area contributed by atoms with Gasteiger partial charge in [0, 0.05) is 23.9 Å². The van der Waals surface area contributed by atoms with E-state index >= 15 is 0 Å². The molecule has 0 aliphatic rings. The number of benzene rings is 1. The van der Waals surface area contributed by atoms with Crippen LogP contribution in [0.2, 0.25) is 0 Å². The number of hydrogen-bond acceptors (Lipinski definition) is 4. The third-order valence-electron chi connectivity index (χ3n) is 3.33. The summed E-state index contributed by atoms with van der Waals surface area (Å²) in [5, 5.41) is 11.8. The van der Waals surface area contributed by atoms with Gasteiger partial charge in [-0.05, 0) is 37.6 Å².